The second kappa shape index (κ2) is 8.07. The van der Waals surface area contributed by atoms with Gasteiger partial charge in [0.2, 0.25) is 10.9 Å². The molecule has 0 radical (unpaired) electrons. The Morgan fingerprint density at radius 3 is 2.62 bits per heavy atom. The Bertz CT molecular complexity index is 1170. The van der Waals surface area contributed by atoms with Crippen LogP contribution in [0.3, 0.4) is 0 Å². The van der Waals surface area contributed by atoms with Crippen molar-refractivity contribution in [2.45, 2.75) is 6.42 Å². The molecule has 7 nitrogen and oxygen atoms in total. The smallest absolute Gasteiger partial charge is 0.311 e. The second-order valence-corrected chi connectivity index (χ2v) is 7.36. The van der Waals surface area contributed by atoms with Crippen molar-refractivity contribution in [1.29, 1.82) is 0 Å². The van der Waals surface area contributed by atoms with Gasteiger partial charge in [0, 0.05) is 11.6 Å². The number of nitrogens with one attached hydrogen (secondary N) is 1. The topological polar surface area (TPSA) is 101 Å². The van der Waals surface area contributed by atoms with Crippen molar-refractivity contribution in [3.63, 3.8) is 0 Å². The molecule has 0 fully saturated rings. The summed E-state index contributed by atoms with van der Waals surface area (Å²) in [5.41, 5.74) is 5.33. The number of hydrogen-bond acceptors (Lipinski definition) is 7. The Kier molecular flexibility index (Phi) is 5.17. The molecule has 0 saturated carbocycles. The van der Waals surface area contributed by atoms with Crippen molar-refractivity contribution in [2.24, 2.45) is 5.10 Å². The van der Waals surface area contributed by atoms with Gasteiger partial charge in [0.1, 0.15) is 0 Å². The van der Waals surface area contributed by atoms with Crippen molar-refractivity contribution in [3.8, 4) is 5.75 Å². The molecule has 3 aromatic carbocycles. The summed E-state index contributed by atoms with van der Waals surface area (Å²) in [7, 11) is 0. The standard InChI is InChI=1S/C21H16N4O3S/c26-20-16(13-22-24-21-23-17-8-4-5-9-19(17)29-21)11-15(12-18(20)25(27)28)10-14-6-2-1-3-7-14/h1-9,11-13,26H,10H2,(H,23,24)/b22-13-. The SMILES string of the molecule is O=[N+]([O-])c1cc(Cc2ccccc2)cc(/C=N\Nc2nc3ccccc3s2)c1O. The minimum Gasteiger partial charge on any atom is -0.502 e. The molecule has 4 rings (SSSR count). The van der Waals surface area contributed by atoms with Crippen LogP contribution in [0, 0.1) is 10.1 Å². The summed E-state index contributed by atoms with van der Waals surface area (Å²) in [5, 5.41) is 26.3. The van der Waals surface area contributed by atoms with Crippen LogP contribution in [0.25, 0.3) is 10.2 Å². The van der Waals surface area contributed by atoms with Gasteiger partial charge in [-0.2, -0.15) is 5.10 Å². The number of phenolic OH excluding ortho intramolecular Hbond substituents is 1. The summed E-state index contributed by atoms with van der Waals surface area (Å²) in [6, 6.07) is 20.4. The van der Waals surface area contributed by atoms with E-state index in [1.807, 2.05) is 54.6 Å². The van der Waals surface area contributed by atoms with E-state index in [2.05, 4.69) is 15.5 Å². The van der Waals surface area contributed by atoms with Gasteiger partial charge in [-0.15, -0.1) is 0 Å². The molecule has 0 bridgehead atoms. The fourth-order valence-electron chi connectivity index (χ4n) is 2.95. The zero-order valence-corrected chi connectivity index (χ0v) is 16.0. The summed E-state index contributed by atoms with van der Waals surface area (Å²) in [5.74, 6) is -0.415. The molecule has 29 heavy (non-hydrogen) atoms. The Balaban J connectivity index is 1.60. The van der Waals surface area contributed by atoms with E-state index >= 15 is 0 Å². The lowest BCUT2D eigenvalue weighted by Gasteiger charge is -2.06. The van der Waals surface area contributed by atoms with E-state index in [4.69, 9.17) is 0 Å². The maximum atomic E-state index is 11.4. The number of aromatic hydroxyl groups is 1. The number of hydrogen-bond donors (Lipinski definition) is 2. The minimum absolute atomic E-state index is 0.263. The van der Waals surface area contributed by atoms with Gasteiger partial charge >= 0.3 is 5.69 Å². The lowest BCUT2D eigenvalue weighted by molar-refractivity contribution is -0.385. The van der Waals surface area contributed by atoms with Crippen LogP contribution in [0.15, 0.2) is 71.8 Å². The van der Waals surface area contributed by atoms with Gasteiger partial charge in [-0.05, 0) is 35.7 Å². The van der Waals surface area contributed by atoms with Crippen molar-refractivity contribution in [1.82, 2.24) is 4.98 Å². The summed E-state index contributed by atoms with van der Waals surface area (Å²) in [4.78, 5) is 15.2. The molecule has 0 unspecified atom stereocenters. The third-order valence-electron chi connectivity index (χ3n) is 4.28. The molecule has 8 heteroatoms. The maximum absolute atomic E-state index is 11.4. The first-order chi connectivity index (χ1) is 14.1. The number of nitro groups is 1. The Labute approximate surface area is 170 Å². The number of benzene rings is 3. The molecule has 1 heterocycles. The third-order valence-corrected chi connectivity index (χ3v) is 5.23. The van der Waals surface area contributed by atoms with E-state index < -0.39 is 10.7 Å². The van der Waals surface area contributed by atoms with E-state index in [1.165, 1.54) is 23.6 Å². The van der Waals surface area contributed by atoms with Gasteiger partial charge in [0.15, 0.2) is 0 Å². The maximum Gasteiger partial charge on any atom is 0.311 e. The van der Waals surface area contributed by atoms with E-state index in [-0.39, 0.29) is 11.3 Å². The molecular weight excluding hydrogens is 388 g/mol. The van der Waals surface area contributed by atoms with Gasteiger partial charge in [0.05, 0.1) is 21.4 Å². The van der Waals surface area contributed by atoms with E-state index in [9.17, 15) is 15.2 Å². The monoisotopic (exact) mass is 404 g/mol. The molecule has 4 aromatic rings. The normalized spacial score (nSPS) is 11.2. The molecular formula is C21H16N4O3S. The molecule has 0 atom stereocenters. The number of aromatic nitrogens is 1. The molecule has 0 aliphatic heterocycles. The number of hydrazone groups is 1. The number of thiazole rings is 1. The van der Waals surface area contributed by atoms with Gasteiger partial charge in [-0.1, -0.05) is 53.8 Å². The van der Waals surface area contributed by atoms with Crippen LogP contribution >= 0.6 is 11.3 Å². The zero-order chi connectivity index (χ0) is 20.2. The molecule has 2 N–H and O–H groups in total. The highest BCUT2D eigenvalue weighted by Gasteiger charge is 2.18. The first-order valence-electron chi connectivity index (χ1n) is 8.79. The number of nitrogens with zero attached hydrogens (tertiary/aromatic N) is 3. The summed E-state index contributed by atoms with van der Waals surface area (Å²) < 4.78 is 1.02. The lowest BCUT2D eigenvalue weighted by Crippen LogP contribution is -1.98. The largest absolute Gasteiger partial charge is 0.502 e. The Morgan fingerprint density at radius 1 is 1.10 bits per heavy atom. The highest BCUT2D eigenvalue weighted by atomic mass is 32.1. The van der Waals surface area contributed by atoms with E-state index in [0.717, 1.165) is 15.8 Å². The highest BCUT2D eigenvalue weighted by molar-refractivity contribution is 7.22. The third kappa shape index (κ3) is 4.22. The second-order valence-electron chi connectivity index (χ2n) is 6.33. The average molecular weight is 404 g/mol. The van der Waals surface area contributed by atoms with Crippen LogP contribution in [0.2, 0.25) is 0 Å². The van der Waals surface area contributed by atoms with Gasteiger partial charge < -0.3 is 5.11 Å². The van der Waals surface area contributed by atoms with Crippen molar-refractivity contribution in [3.05, 3.63) is 93.5 Å². The number of para-hydroxylation sites is 1. The van der Waals surface area contributed by atoms with Crippen LogP contribution in [0.5, 0.6) is 5.75 Å². The summed E-state index contributed by atoms with van der Waals surface area (Å²) in [6.07, 6.45) is 1.87. The van der Waals surface area contributed by atoms with Crippen LogP contribution < -0.4 is 5.43 Å². The fourth-order valence-corrected chi connectivity index (χ4v) is 3.77. The van der Waals surface area contributed by atoms with Crippen LogP contribution in [0.4, 0.5) is 10.8 Å². The first kappa shape index (κ1) is 18.6. The molecule has 0 aliphatic carbocycles. The number of phenols is 1. The van der Waals surface area contributed by atoms with Crippen LogP contribution in [-0.4, -0.2) is 21.2 Å². The lowest BCUT2D eigenvalue weighted by atomic mass is 10.0. The van der Waals surface area contributed by atoms with Crippen molar-refractivity contribution < 1.29 is 10.0 Å². The number of nitro benzene ring substituents is 1. The molecule has 0 spiro atoms. The summed E-state index contributed by atoms with van der Waals surface area (Å²) >= 11 is 1.44. The van der Waals surface area contributed by atoms with Crippen LogP contribution in [0.1, 0.15) is 16.7 Å². The Morgan fingerprint density at radius 2 is 1.86 bits per heavy atom. The highest BCUT2D eigenvalue weighted by Crippen LogP contribution is 2.31. The molecule has 0 aliphatic rings. The van der Waals surface area contributed by atoms with Crippen molar-refractivity contribution >= 4 is 38.6 Å². The predicted octanol–water partition coefficient (Wildman–Crippen LogP) is 4.95. The van der Waals surface area contributed by atoms with Gasteiger partial charge in [0.25, 0.3) is 0 Å². The molecule has 1 aromatic heterocycles. The Hall–Kier alpha value is -3.78. The van der Waals surface area contributed by atoms with E-state index in [1.54, 1.807) is 6.07 Å². The zero-order valence-electron chi connectivity index (χ0n) is 15.1. The van der Waals surface area contributed by atoms with Gasteiger partial charge in [-0.3, -0.25) is 15.5 Å². The van der Waals surface area contributed by atoms with Gasteiger partial charge in [-0.25, -0.2) is 4.98 Å². The average Bonchev–Trinajstić information content (AvgIpc) is 3.13. The molecule has 144 valence electrons. The van der Waals surface area contributed by atoms with Crippen LogP contribution in [-0.2, 0) is 6.42 Å². The number of anilines is 1. The van der Waals surface area contributed by atoms with Crippen molar-refractivity contribution in [2.75, 3.05) is 5.43 Å². The first-order valence-corrected chi connectivity index (χ1v) is 9.60. The van der Waals surface area contributed by atoms with E-state index in [0.29, 0.717) is 17.1 Å². The molecule has 0 amide bonds. The molecule has 0 saturated heterocycles. The fraction of sp³-hybridized carbons (Fsp3) is 0.0476. The number of rotatable bonds is 6. The number of fused-ring (bicyclic) bond motifs is 1. The summed E-state index contributed by atoms with van der Waals surface area (Å²) in [6.45, 7) is 0. The quantitative estimate of drug-likeness (QED) is 0.269. The minimum atomic E-state index is -0.595. The predicted molar refractivity (Wildman–Crippen MR) is 115 cm³/mol.